The molecule has 1 rings (SSSR count). The zero-order valence-corrected chi connectivity index (χ0v) is 12.3. The van der Waals surface area contributed by atoms with Gasteiger partial charge in [-0.25, -0.2) is 5.48 Å². The zero-order valence-electron chi connectivity index (χ0n) is 12.3. The van der Waals surface area contributed by atoms with Crippen LogP contribution in [0.2, 0.25) is 0 Å². The van der Waals surface area contributed by atoms with Crippen molar-refractivity contribution in [2.24, 2.45) is 10.7 Å². The Hall–Kier alpha value is -2.15. The summed E-state index contributed by atoms with van der Waals surface area (Å²) >= 11 is 0. The van der Waals surface area contributed by atoms with E-state index in [4.69, 9.17) is 5.73 Å². The average molecular weight is 293 g/mol. The van der Waals surface area contributed by atoms with Gasteiger partial charge in [-0.2, -0.15) is 0 Å². The zero-order chi connectivity index (χ0) is 15.3. The summed E-state index contributed by atoms with van der Waals surface area (Å²) in [5.74, 6) is 0.321. The second-order valence-electron chi connectivity index (χ2n) is 4.52. The van der Waals surface area contributed by atoms with Crippen LogP contribution >= 0.6 is 0 Å². The van der Waals surface area contributed by atoms with Gasteiger partial charge in [-0.15, -0.1) is 0 Å². The van der Waals surface area contributed by atoms with Crippen molar-refractivity contribution >= 4 is 17.6 Å². The SMILES string of the molecule is CONC(=O)CCCCCCN=C(N)Nc1ccncc1. The average Bonchev–Trinajstić information content (AvgIpc) is 2.47. The molecule has 0 aliphatic rings. The summed E-state index contributed by atoms with van der Waals surface area (Å²) in [6.07, 6.45) is 7.68. The topological polar surface area (TPSA) is 102 Å². The van der Waals surface area contributed by atoms with E-state index in [1.165, 1.54) is 7.11 Å². The van der Waals surface area contributed by atoms with Gasteiger partial charge in [-0.1, -0.05) is 12.8 Å². The molecule has 0 aromatic carbocycles. The molecule has 7 nitrogen and oxygen atoms in total. The molecule has 0 aliphatic heterocycles. The fourth-order valence-electron chi connectivity index (χ4n) is 1.74. The van der Waals surface area contributed by atoms with E-state index in [9.17, 15) is 4.79 Å². The summed E-state index contributed by atoms with van der Waals surface area (Å²) in [4.78, 5) is 23.8. The molecule has 0 atom stereocenters. The number of anilines is 1. The van der Waals surface area contributed by atoms with E-state index in [1.54, 1.807) is 12.4 Å². The van der Waals surface area contributed by atoms with Gasteiger partial charge in [-0.05, 0) is 25.0 Å². The normalized spacial score (nSPS) is 11.2. The summed E-state index contributed by atoms with van der Waals surface area (Å²) in [6.45, 7) is 0.675. The molecule has 1 aromatic heterocycles. The summed E-state index contributed by atoms with van der Waals surface area (Å²) in [7, 11) is 1.43. The van der Waals surface area contributed by atoms with Crippen molar-refractivity contribution in [3.8, 4) is 0 Å². The molecule has 0 spiro atoms. The van der Waals surface area contributed by atoms with Gasteiger partial charge in [0.1, 0.15) is 0 Å². The van der Waals surface area contributed by atoms with E-state index in [-0.39, 0.29) is 5.91 Å². The predicted molar refractivity (Wildman–Crippen MR) is 82.6 cm³/mol. The monoisotopic (exact) mass is 293 g/mol. The van der Waals surface area contributed by atoms with Crippen molar-refractivity contribution in [2.75, 3.05) is 19.0 Å². The van der Waals surface area contributed by atoms with Crippen LogP contribution in [0.25, 0.3) is 0 Å². The number of rotatable bonds is 9. The van der Waals surface area contributed by atoms with Gasteiger partial charge < -0.3 is 11.1 Å². The molecular formula is C14H23N5O2. The first-order chi connectivity index (χ1) is 10.2. The largest absolute Gasteiger partial charge is 0.370 e. The van der Waals surface area contributed by atoms with E-state index in [2.05, 4.69) is 25.6 Å². The molecule has 1 aromatic rings. The Bertz CT molecular complexity index is 436. The number of nitrogens with one attached hydrogen (secondary N) is 2. The Kier molecular flexibility index (Phi) is 8.54. The van der Waals surface area contributed by atoms with E-state index in [0.29, 0.717) is 18.9 Å². The number of amides is 1. The van der Waals surface area contributed by atoms with Gasteiger partial charge in [-0.3, -0.25) is 19.6 Å². The quantitative estimate of drug-likeness (QED) is 0.277. The maximum Gasteiger partial charge on any atom is 0.243 e. The number of carbonyl (C=O) groups is 1. The second-order valence-corrected chi connectivity index (χ2v) is 4.52. The number of guanidine groups is 1. The number of aromatic nitrogens is 1. The fourth-order valence-corrected chi connectivity index (χ4v) is 1.74. The van der Waals surface area contributed by atoms with Crippen LogP contribution in [0.4, 0.5) is 5.69 Å². The third-order valence-electron chi connectivity index (χ3n) is 2.76. The molecule has 7 heteroatoms. The van der Waals surface area contributed by atoms with Crippen LogP contribution in [-0.2, 0) is 9.63 Å². The third-order valence-corrected chi connectivity index (χ3v) is 2.76. The molecule has 0 bridgehead atoms. The Morgan fingerprint density at radius 3 is 2.71 bits per heavy atom. The number of hydrogen-bond acceptors (Lipinski definition) is 4. The van der Waals surface area contributed by atoms with Crippen LogP contribution in [-0.4, -0.2) is 30.5 Å². The highest BCUT2D eigenvalue weighted by Gasteiger charge is 1.99. The van der Waals surface area contributed by atoms with Crippen LogP contribution in [0.5, 0.6) is 0 Å². The van der Waals surface area contributed by atoms with Crippen LogP contribution in [0.15, 0.2) is 29.5 Å². The summed E-state index contributed by atoms with van der Waals surface area (Å²) in [6, 6.07) is 3.65. The second kappa shape index (κ2) is 10.6. The first kappa shape index (κ1) is 16.9. The van der Waals surface area contributed by atoms with Crippen molar-refractivity contribution in [2.45, 2.75) is 32.1 Å². The number of pyridine rings is 1. The van der Waals surface area contributed by atoms with Crippen molar-refractivity contribution in [3.05, 3.63) is 24.5 Å². The van der Waals surface area contributed by atoms with Gasteiger partial charge in [0.15, 0.2) is 5.96 Å². The standard InChI is InChI=1S/C14H23N5O2/c1-21-19-13(20)6-4-2-3-5-9-17-14(15)18-12-7-10-16-11-8-12/h7-8,10-11H,2-6,9H2,1H3,(H,19,20)(H3,15,16,17,18). The first-order valence-electron chi connectivity index (χ1n) is 7.01. The Labute approximate surface area is 124 Å². The van der Waals surface area contributed by atoms with Gasteiger partial charge in [0.05, 0.1) is 7.11 Å². The van der Waals surface area contributed by atoms with E-state index < -0.39 is 0 Å². The van der Waals surface area contributed by atoms with Crippen LogP contribution in [0, 0.1) is 0 Å². The Balaban J connectivity index is 2.05. The molecule has 4 N–H and O–H groups in total. The number of hydrogen-bond donors (Lipinski definition) is 3. The minimum Gasteiger partial charge on any atom is -0.370 e. The number of aliphatic imine (C=N–C) groups is 1. The van der Waals surface area contributed by atoms with E-state index in [1.807, 2.05) is 12.1 Å². The Morgan fingerprint density at radius 2 is 2.00 bits per heavy atom. The molecule has 116 valence electrons. The lowest BCUT2D eigenvalue weighted by molar-refractivity contribution is -0.131. The summed E-state index contributed by atoms with van der Waals surface area (Å²) in [5.41, 5.74) is 8.94. The van der Waals surface area contributed by atoms with Gasteiger partial charge >= 0.3 is 0 Å². The summed E-state index contributed by atoms with van der Waals surface area (Å²) in [5, 5.41) is 2.99. The predicted octanol–water partition coefficient (Wildman–Crippen LogP) is 1.44. The maximum atomic E-state index is 11.1. The molecule has 21 heavy (non-hydrogen) atoms. The molecular weight excluding hydrogens is 270 g/mol. The highest BCUT2D eigenvalue weighted by Crippen LogP contribution is 2.04. The molecule has 1 amide bonds. The minimum absolute atomic E-state index is 0.0821. The van der Waals surface area contributed by atoms with Crippen LogP contribution < -0.4 is 16.5 Å². The van der Waals surface area contributed by atoms with Crippen LogP contribution in [0.1, 0.15) is 32.1 Å². The van der Waals surface area contributed by atoms with Gasteiger partial charge in [0.2, 0.25) is 5.91 Å². The van der Waals surface area contributed by atoms with E-state index in [0.717, 1.165) is 31.4 Å². The van der Waals surface area contributed by atoms with E-state index >= 15 is 0 Å². The number of nitrogens with two attached hydrogens (primary N) is 1. The van der Waals surface area contributed by atoms with Gasteiger partial charge in [0, 0.05) is 31.0 Å². The fraction of sp³-hybridized carbons (Fsp3) is 0.500. The molecule has 1 heterocycles. The smallest absolute Gasteiger partial charge is 0.243 e. The molecule has 0 aliphatic carbocycles. The third kappa shape index (κ3) is 8.59. The lowest BCUT2D eigenvalue weighted by atomic mass is 10.1. The Morgan fingerprint density at radius 1 is 1.29 bits per heavy atom. The van der Waals surface area contributed by atoms with Crippen molar-refractivity contribution < 1.29 is 9.63 Å². The number of carbonyl (C=O) groups excluding carboxylic acids is 1. The summed E-state index contributed by atoms with van der Waals surface area (Å²) < 4.78 is 0. The van der Waals surface area contributed by atoms with Gasteiger partial charge in [0.25, 0.3) is 0 Å². The van der Waals surface area contributed by atoms with Crippen LogP contribution in [0.3, 0.4) is 0 Å². The van der Waals surface area contributed by atoms with Crippen molar-refractivity contribution in [1.29, 1.82) is 0 Å². The number of hydroxylamine groups is 1. The highest BCUT2D eigenvalue weighted by molar-refractivity contribution is 5.92. The molecule has 0 saturated heterocycles. The lowest BCUT2D eigenvalue weighted by Crippen LogP contribution is -2.22. The molecule has 0 unspecified atom stereocenters. The first-order valence-corrected chi connectivity index (χ1v) is 7.01. The molecule has 0 saturated carbocycles. The minimum atomic E-state index is -0.0821. The molecule has 0 fully saturated rings. The maximum absolute atomic E-state index is 11.1. The lowest BCUT2D eigenvalue weighted by Gasteiger charge is -2.05. The number of unbranched alkanes of at least 4 members (excludes halogenated alkanes) is 3. The van der Waals surface area contributed by atoms with Crippen molar-refractivity contribution in [1.82, 2.24) is 10.5 Å². The molecule has 0 radical (unpaired) electrons. The highest BCUT2D eigenvalue weighted by atomic mass is 16.6. The van der Waals surface area contributed by atoms with Crippen molar-refractivity contribution in [3.63, 3.8) is 0 Å². The number of nitrogens with zero attached hydrogens (tertiary/aromatic N) is 2.